The number of rotatable bonds is 7. The zero-order valence-corrected chi connectivity index (χ0v) is 14.1. The monoisotopic (exact) mass is 385 g/mol. The Morgan fingerprint density at radius 1 is 1.27 bits per heavy atom. The van der Waals surface area contributed by atoms with Gasteiger partial charge in [-0.15, -0.1) is 11.3 Å². The van der Waals surface area contributed by atoms with Gasteiger partial charge in [0, 0.05) is 5.69 Å². The molecule has 10 heteroatoms. The maximum atomic E-state index is 13.3. The smallest absolute Gasteiger partial charge is 0.418 e. The number of benzene rings is 1. The van der Waals surface area contributed by atoms with E-state index in [-0.39, 0.29) is 37.1 Å². The quantitative estimate of drug-likeness (QED) is 0.644. The van der Waals surface area contributed by atoms with Crippen molar-refractivity contribution < 1.29 is 27.5 Å². The summed E-state index contributed by atoms with van der Waals surface area (Å²) in [7, 11) is 0. The highest BCUT2D eigenvalue weighted by molar-refractivity contribution is 7.13. The van der Waals surface area contributed by atoms with E-state index in [2.05, 4.69) is 15.5 Å². The van der Waals surface area contributed by atoms with Crippen molar-refractivity contribution in [3.8, 4) is 16.5 Å². The second kappa shape index (κ2) is 7.75. The third-order valence-corrected chi connectivity index (χ3v) is 4.16. The van der Waals surface area contributed by atoms with E-state index in [9.17, 15) is 13.2 Å². The Hall–Kier alpha value is -2.59. The van der Waals surface area contributed by atoms with Crippen LogP contribution in [0.1, 0.15) is 11.5 Å². The molecule has 0 radical (unpaired) electrons. The summed E-state index contributed by atoms with van der Waals surface area (Å²) in [5.74, 6) is 0.581. The molecule has 1 aromatic carbocycles. The molecule has 0 aliphatic carbocycles. The summed E-state index contributed by atoms with van der Waals surface area (Å²) in [4.78, 5) is 4.96. The van der Waals surface area contributed by atoms with Crippen LogP contribution in [-0.4, -0.2) is 28.5 Å². The van der Waals surface area contributed by atoms with Gasteiger partial charge < -0.3 is 19.7 Å². The topological polar surface area (TPSA) is 80.4 Å². The highest BCUT2D eigenvalue weighted by atomic mass is 32.1. The van der Waals surface area contributed by atoms with E-state index in [4.69, 9.17) is 14.4 Å². The fraction of sp³-hybridized carbons (Fsp3) is 0.250. The molecule has 0 atom stereocenters. The van der Waals surface area contributed by atoms with E-state index in [1.807, 2.05) is 17.5 Å². The minimum absolute atomic E-state index is 0.0229. The zero-order valence-electron chi connectivity index (χ0n) is 13.3. The number of hydrogen-bond donors (Lipinski definition) is 2. The molecule has 6 nitrogen and oxygen atoms in total. The Labute approximate surface area is 150 Å². The van der Waals surface area contributed by atoms with E-state index in [1.54, 1.807) is 0 Å². The van der Waals surface area contributed by atoms with Crippen molar-refractivity contribution in [2.45, 2.75) is 12.7 Å². The highest BCUT2D eigenvalue weighted by Gasteiger charge is 2.34. The maximum absolute atomic E-state index is 13.3. The third-order valence-electron chi connectivity index (χ3n) is 3.30. The lowest BCUT2D eigenvalue weighted by atomic mass is 10.1. The number of halogens is 3. The van der Waals surface area contributed by atoms with Crippen LogP contribution in [-0.2, 0) is 12.7 Å². The van der Waals surface area contributed by atoms with Gasteiger partial charge in [-0.05, 0) is 29.6 Å². The first-order valence-electron chi connectivity index (χ1n) is 7.52. The van der Waals surface area contributed by atoms with Crippen LogP contribution in [0.25, 0.3) is 10.7 Å². The normalized spacial score (nSPS) is 11.5. The Morgan fingerprint density at radius 3 is 2.81 bits per heavy atom. The van der Waals surface area contributed by atoms with Gasteiger partial charge in [0.1, 0.15) is 12.4 Å². The Bertz CT molecular complexity index is 850. The number of aliphatic hydroxyl groups excluding tert-OH is 1. The van der Waals surface area contributed by atoms with Crippen molar-refractivity contribution >= 4 is 17.0 Å². The summed E-state index contributed by atoms with van der Waals surface area (Å²) in [6.07, 6.45) is -4.57. The number of nitrogens with zero attached hydrogens (tertiary/aromatic N) is 2. The lowest BCUT2D eigenvalue weighted by Gasteiger charge is -2.15. The molecule has 0 spiro atoms. The average Bonchev–Trinajstić information content (AvgIpc) is 3.28. The van der Waals surface area contributed by atoms with Crippen LogP contribution >= 0.6 is 11.3 Å². The molecule has 0 unspecified atom stereocenters. The second-order valence-corrected chi connectivity index (χ2v) is 6.07. The van der Waals surface area contributed by atoms with Crippen LogP contribution in [0.4, 0.5) is 18.9 Å². The summed E-state index contributed by atoms with van der Waals surface area (Å²) in [6, 6.07) is 7.18. The number of aromatic nitrogens is 2. The molecule has 2 heterocycles. The molecule has 0 amide bonds. The van der Waals surface area contributed by atoms with Gasteiger partial charge in [-0.3, -0.25) is 0 Å². The zero-order chi connectivity index (χ0) is 18.6. The summed E-state index contributed by atoms with van der Waals surface area (Å²) < 4.78 is 49.9. The number of anilines is 1. The molecule has 0 saturated heterocycles. The van der Waals surface area contributed by atoms with Crippen molar-refractivity contribution in [1.29, 1.82) is 0 Å². The van der Waals surface area contributed by atoms with Crippen molar-refractivity contribution in [3.63, 3.8) is 0 Å². The number of aliphatic hydroxyl groups is 1. The fourth-order valence-electron chi connectivity index (χ4n) is 2.17. The number of thiophene rings is 1. The fourth-order valence-corrected chi connectivity index (χ4v) is 2.82. The lowest BCUT2D eigenvalue weighted by molar-refractivity contribution is -0.137. The Morgan fingerprint density at radius 2 is 2.12 bits per heavy atom. The standard InChI is InChI=1S/C16H14F3N3O3S/c17-16(18,19)11-8-10(24-6-5-23)3-4-12(11)20-9-14-21-15(22-25-14)13-2-1-7-26-13/h1-4,7-8,20,23H,5-6,9H2. The molecule has 3 aromatic rings. The van der Waals surface area contributed by atoms with Gasteiger partial charge in [-0.1, -0.05) is 11.2 Å². The minimum atomic E-state index is -4.57. The first-order valence-corrected chi connectivity index (χ1v) is 8.40. The first-order chi connectivity index (χ1) is 12.5. The number of ether oxygens (including phenoxy) is 1. The van der Waals surface area contributed by atoms with Crippen LogP contribution in [0, 0.1) is 0 Å². The van der Waals surface area contributed by atoms with Crippen molar-refractivity contribution in [3.05, 3.63) is 47.2 Å². The Balaban J connectivity index is 1.74. The van der Waals surface area contributed by atoms with Gasteiger partial charge >= 0.3 is 6.18 Å². The van der Waals surface area contributed by atoms with Crippen LogP contribution in [0.2, 0.25) is 0 Å². The predicted molar refractivity (Wildman–Crippen MR) is 89.0 cm³/mol. The van der Waals surface area contributed by atoms with E-state index in [0.29, 0.717) is 5.82 Å². The first kappa shape index (κ1) is 18.2. The molecule has 0 aliphatic rings. The van der Waals surface area contributed by atoms with Gasteiger partial charge in [0.2, 0.25) is 11.7 Å². The average molecular weight is 385 g/mol. The Kier molecular flexibility index (Phi) is 5.43. The summed E-state index contributed by atoms with van der Waals surface area (Å²) >= 11 is 1.43. The van der Waals surface area contributed by atoms with Crippen LogP contribution < -0.4 is 10.1 Å². The highest BCUT2D eigenvalue weighted by Crippen LogP contribution is 2.37. The van der Waals surface area contributed by atoms with Crippen molar-refractivity contribution in [1.82, 2.24) is 10.1 Å². The summed E-state index contributed by atoms with van der Waals surface area (Å²) in [6.45, 7) is -0.430. The molecular formula is C16H14F3N3O3S. The molecule has 26 heavy (non-hydrogen) atoms. The van der Waals surface area contributed by atoms with Crippen LogP contribution in [0.15, 0.2) is 40.2 Å². The van der Waals surface area contributed by atoms with Gasteiger partial charge in [0.25, 0.3) is 0 Å². The number of alkyl halides is 3. The minimum Gasteiger partial charge on any atom is -0.491 e. The van der Waals surface area contributed by atoms with Crippen LogP contribution in [0.5, 0.6) is 5.75 Å². The molecule has 0 aliphatic heterocycles. The van der Waals surface area contributed by atoms with Crippen molar-refractivity contribution in [2.24, 2.45) is 0 Å². The summed E-state index contributed by atoms with van der Waals surface area (Å²) in [5, 5.41) is 17.0. The molecule has 3 rings (SSSR count). The maximum Gasteiger partial charge on any atom is 0.418 e. The molecule has 2 aromatic heterocycles. The van der Waals surface area contributed by atoms with E-state index in [1.165, 1.54) is 23.5 Å². The lowest BCUT2D eigenvalue weighted by Crippen LogP contribution is -2.12. The molecule has 0 saturated carbocycles. The largest absolute Gasteiger partial charge is 0.491 e. The molecule has 2 N–H and O–H groups in total. The van der Waals surface area contributed by atoms with Gasteiger partial charge in [0.05, 0.1) is 23.6 Å². The van der Waals surface area contributed by atoms with E-state index >= 15 is 0 Å². The van der Waals surface area contributed by atoms with E-state index in [0.717, 1.165) is 10.9 Å². The second-order valence-electron chi connectivity index (χ2n) is 5.12. The number of hydrogen-bond acceptors (Lipinski definition) is 7. The van der Waals surface area contributed by atoms with E-state index < -0.39 is 11.7 Å². The SMILES string of the molecule is OCCOc1ccc(NCc2nc(-c3cccs3)no2)c(C(F)(F)F)c1. The molecule has 0 bridgehead atoms. The van der Waals surface area contributed by atoms with Gasteiger partial charge in [0.15, 0.2) is 0 Å². The van der Waals surface area contributed by atoms with Crippen LogP contribution in [0.3, 0.4) is 0 Å². The van der Waals surface area contributed by atoms with Gasteiger partial charge in [-0.2, -0.15) is 18.2 Å². The molecule has 0 fully saturated rings. The van der Waals surface area contributed by atoms with Gasteiger partial charge in [-0.25, -0.2) is 0 Å². The summed E-state index contributed by atoms with van der Waals surface area (Å²) in [5.41, 5.74) is -1.02. The third kappa shape index (κ3) is 4.33. The molecule has 138 valence electrons. The number of nitrogens with one attached hydrogen (secondary N) is 1. The molecular weight excluding hydrogens is 371 g/mol. The predicted octanol–water partition coefficient (Wildman–Crippen LogP) is 3.80. The van der Waals surface area contributed by atoms with Crippen molar-refractivity contribution in [2.75, 3.05) is 18.5 Å².